The molecule has 0 amide bonds. The average molecular weight is 218 g/mol. The van der Waals surface area contributed by atoms with Crippen LogP contribution in [-0.2, 0) is 5.54 Å². The molecule has 0 aliphatic heterocycles. The van der Waals surface area contributed by atoms with Gasteiger partial charge in [-0.3, -0.25) is 0 Å². The zero-order valence-corrected chi connectivity index (χ0v) is 10.9. The average Bonchev–Trinajstić information content (AvgIpc) is 2.30. The van der Waals surface area contributed by atoms with E-state index in [-0.39, 0.29) is 0 Å². The van der Waals surface area contributed by atoms with E-state index in [1.807, 2.05) is 0 Å². The van der Waals surface area contributed by atoms with E-state index in [9.17, 15) is 0 Å². The summed E-state index contributed by atoms with van der Waals surface area (Å²) in [6.45, 7) is 0. The van der Waals surface area contributed by atoms with Crippen molar-refractivity contribution in [3.63, 3.8) is 0 Å². The fourth-order valence-electron chi connectivity index (χ4n) is 3.23. The van der Waals surface area contributed by atoms with Gasteiger partial charge < -0.3 is 4.48 Å². The number of hydrogen-bond acceptors (Lipinski definition) is 0. The number of rotatable bonds is 2. The van der Waals surface area contributed by atoms with E-state index in [0.717, 1.165) is 4.48 Å². The van der Waals surface area contributed by atoms with E-state index >= 15 is 0 Å². The van der Waals surface area contributed by atoms with E-state index in [2.05, 4.69) is 51.5 Å². The molecule has 0 heterocycles. The molecular formula is C15H24N+. The first-order valence-electron chi connectivity index (χ1n) is 6.43. The number of nitrogens with zero attached hydrogens (tertiary/aromatic N) is 1. The standard InChI is InChI=1S/C15H24N/c1-16(2,3)15(12-8-5-9-13-15)14-10-6-4-7-11-14/h4,6-7,10-11H,5,8-9,12-13H2,1-3H3/q+1. The highest BCUT2D eigenvalue weighted by Crippen LogP contribution is 2.43. The third-order valence-corrected chi connectivity index (χ3v) is 4.28. The number of benzene rings is 1. The molecule has 1 heteroatoms. The Morgan fingerprint density at radius 1 is 0.875 bits per heavy atom. The highest BCUT2D eigenvalue weighted by Gasteiger charge is 2.44. The van der Waals surface area contributed by atoms with Crippen molar-refractivity contribution >= 4 is 0 Å². The predicted molar refractivity (Wildman–Crippen MR) is 69.2 cm³/mol. The molecule has 0 N–H and O–H groups in total. The molecule has 1 aromatic carbocycles. The fraction of sp³-hybridized carbons (Fsp3) is 0.600. The molecular weight excluding hydrogens is 194 g/mol. The SMILES string of the molecule is C[N+](C)(C)C1(c2ccccc2)CCCCC1. The highest BCUT2D eigenvalue weighted by atomic mass is 15.3. The van der Waals surface area contributed by atoms with Gasteiger partial charge in [0.1, 0.15) is 5.54 Å². The van der Waals surface area contributed by atoms with Crippen molar-refractivity contribution in [1.29, 1.82) is 0 Å². The first-order chi connectivity index (χ1) is 7.56. The second-order valence-electron chi connectivity index (χ2n) is 5.97. The lowest BCUT2D eigenvalue weighted by molar-refractivity contribution is -0.934. The van der Waals surface area contributed by atoms with Gasteiger partial charge in [-0.25, -0.2) is 0 Å². The summed E-state index contributed by atoms with van der Waals surface area (Å²) in [5, 5.41) is 0. The highest BCUT2D eigenvalue weighted by molar-refractivity contribution is 5.23. The second-order valence-corrected chi connectivity index (χ2v) is 5.97. The van der Waals surface area contributed by atoms with Crippen LogP contribution in [0.4, 0.5) is 0 Å². The summed E-state index contributed by atoms with van der Waals surface area (Å²) in [5.74, 6) is 0. The Bertz CT molecular complexity index is 328. The molecule has 2 rings (SSSR count). The van der Waals surface area contributed by atoms with Crippen LogP contribution in [0.2, 0.25) is 0 Å². The van der Waals surface area contributed by atoms with Crippen molar-refractivity contribution in [3.05, 3.63) is 35.9 Å². The molecule has 88 valence electrons. The molecule has 1 saturated carbocycles. The van der Waals surface area contributed by atoms with Crippen molar-refractivity contribution in [2.75, 3.05) is 21.1 Å². The first kappa shape index (κ1) is 11.7. The minimum atomic E-state index is 0.347. The molecule has 0 aromatic heterocycles. The third-order valence-electron chi connectivity index (χ3n) is 4.28. The lowest BCUT2D eigenvalue weighted by atomic mass is 9.74. The quantitative estimate of drug-likeness (QED) is 0.666. The number of hydrogen-bond donors (Lipinski definition) is 0. The van der Waals surface area contributed by atoms with Crippen LogP contribution in [0.25, 0.3) is 0 Å². The molecule has 1 aliphatic carbocycles. The van der Waals surface area contributed by atoms with Gasteiger partial charge in [-0.1, -0.05) is 36.8 Å². The summed E-state index contributed by atoms with van der Waals surface area (Å²) in [5.41, 5.74) is 1.88. The van der Waals surface area contributed by atoms with Crippen molar-refractivity contribution in [2.45, 2.75) is 37.6 Å². The topological polar surface area (TPSA) is 0 Å². The van der Waals surface area contributed by atoms with Crippen LogP contribution in [0, 0.1) is 0 Å². The molecule has 1 fully saturated rings. The van der Waals surface area contributed by atoms with E-state index in [4.69, 9.17) is 0 Å². The maximum atomic E-state index is 2.35. The smallest absolute Gasteiger partial charge is 0.124 e. The fourth-order valence-corrected chi connectivity index (χ4v) is 3.23. The summed E-state index contributed by atoms with van der Waals surface area (Å²) in [7, 11) is 7.04. The van der Waals surface area contributed by atoms with Crippen molar-refractivity contribution in [2.24, 2.45) is 0 Å². The molecule has 0 atom stereocenters. The Labute approximate surface area is 99.7 Å². The number of quaternary nitrogens is 1. The first-order valence-corrected chi connectivity index (χ1v) is 6.43. The van der Waals surface area contributed by atoms with Crippen LogP contribution in [0.3, 0.4) is 0 Å². The Kier molecular flexibility index (Phi) is 3.07. The Balaban J connectivity index is 2.42. The molecule has 1 aromatic rings. The van der Waals surface area contributed by atoms with Gasteiger partial charge in [-0.15, -0.1) is 0 Å². The Morgan fingerprint density at radius 2 is 1.44 bits per heavy atom. The summed E-state index contributed by atoms with van der Waals surface area (Å²) >= 11 is 0. The van der Waals surface area contributed by atoms with E-state index in [1.54, 1.807) is 0 Å². The summed E-state index contributed by atoms with van der Waals surface area (Å²) < 4.78 is 1.05. The van der Waals surface area contributed by atoms with Gasteiger partial charge in [-0.2, -0.15) is 0 Å². The molecule has 0 unspecified atom stereocenters. The minimum Gasteiger partial charge on any atom is -0.322 e. The van der Waals surface area contributed by atoms with E-state index in [0.29, 0.717) is 5.54 Å². The zero-order valence-electron chi connectivity index (χ0n) is 10.9. The third kappa shape index (κ3) is 1.89. The monoisotopic (exact) mass is 218 g/mol. The van der Waals surface area contributed by atoms with Gasteiger partial charge in [0.2, 0.25) is 0 Å². The van der Waals surface area contributed by atoms with E-state index in [1.165, 1.54) is 37.7 Å². The summed E-state index contributed by atoms with van der Waals surface area (Å²) in [6, 6.07) is 11.1. The van der Waals surface area contributed by atoms with E-state index < -0.39 is 0 Å². The van der Waals surface area contributed by atoms with Gasteiger partial charge in [0.05, 0.1) is 21.1 Å². The van der Waals surface area contributed by atoms with Crippen LogP contribution in [0.15, 0.2) is 30.3 Å². The maximum Gasteiger partial charge on any atom is 0.124 e. The molecule has 16 heavy (non-hydrogen) atoms. The summed E-state index contributed by atoms with van der Waals surface area (Å²) in [6.07, 6.45) is 6.84. The maximum absolute atomic E-state index is 2.35. The van der Waals surface area contributed by atoms with Crippen LogP contribution < -0.4 is 0 Å². The van der Waals surface area contributed by atoms with Crippen LogP contribution in [0.1, 0.15) is 37.7 Å². The van der Waals surface area contributed by atoms with Gasteiger partial charge in [0.25, 0.3) is 0 Å². The molecule has 0 radical (unpaired) electrons. The van der Waals surface area contributed by atoms with Crippen LogP contribution >= 0.6 is 0 Å². The molecule has 0 saturated heterocycles. The van der Waals surface area contributed by atoms with Crippen molar-refractivity contribution in [1.82, 2.24) is 0 Å². The molecule has 1 aliphatic rings. The van der Waals surface area contributed by atoms with Crippen molar-refractivity contribution < 1.29 is 4.48 Å². The zero-order chi connectivity index (χ0) is 11.6. The van der Waals surface area contributed by atoms with Gasteiger partial charge >= 0.3 is 0 Å². The molecule has 1 nitrogen and oxygen atoms in total. The second kappa shape index (κ2) is 4.21. The predicted octanol–water partition coefficient (Wildman–Crippen LogP) is 3.55. The lowest BCUT2D eigenvalue weighted by Crippen LogP contribution is -2.55. The molecule has 0 spiro atoms. The largest absolute Gasteiger partial charge is 0.322 e. The normalized spacial score (nSPS) is 20.7. The van der Waals surface area contributed by atoms with Gasteiger partial charge in [0.15, 0.2) is 0 Å². The van der Waals surface area contributed by atoms with Crippen LogP contribution in [-0.4, -0.2) is 25.6 Å². The minimum absolute atomic E-state index is 0.347. The Morgan fingerprint density at radius 3 is 1.94 bits per heavy atom. The van der Waals surface area contributed by atoms with Crippen LogP contribution in [0.5, 0.6) is 0 Å². The Hall–Kier alpha value is -0.820. The van der Waals surface area contributed by atoms with Crippen molar-refractivity contribution in [3.8, 4) is 0 Å². The summed E-state index contributed by atoms with van der Waals surface area (Å²) in [4.78, 5) is 0. The molecule has 0 bridgehead atoms. The van der Waals surface area contributed by atoms with Gasteiger partial charge in [0, 0.05) is 18.4 Å². The lowest BCUT2D eigenvalue weighted by Gasteiger charge is -2.49. The van der Waals surface area contributed by atoms with Gasteiger partial charge in [-0.05, 0) is 12.8 Å².